The number of imidazole rings is 2. The van der Waals surface area contributed by atoms with E-state index >= 15 is 0 Å². The van der Waals surface area contributed by atoms with Gasteiger partial charge in [0, 0.05) is 36.0 Å². The molecule has 0 radical (unpaired) electrons. The van der Waals surface area contributed by atoms with Gasteiger partial charge < -0.3 is 15.2 Å². The van der Waals surface area contributed by atoms with Crippen molar-refractivity contribution in [1.82, 2.24) is 24.4 Å². The van der Waals surface area contributed by atoms with Gasteiger partial charge in [0.05, 0.1) is 58.9 Å². The minimum atomic E-state index is -3.37. The van der Waals surface area contributed by atoms with Crippen LogP contribution in [0.4, 0.5) is 0 Å². The van der Waals surface area contributed by atoms with Gasteiger partial charge in [-0.3, -0.25) is 13.9 Å². The Morgan fingerprint density at radius 3 is 1.55 bits per heavy atom. The molecule has 2 aromatic heterocycles. The zero-order valence-electron chi connectivity index (χ0n) is 40.2. The van der Waals surface area contributed by atoms with Crippen molar-refractivity contribution >= 4 is 77.9 Å². The molecule has 73 heavy (non-hydrogen) atoms. The molecule has 1 amide bonds. The topological polar surface area (TPSA) is 175 Å². The van der Waals surface area contributed by atoms with Gasteiger partial charge in [-0.1, -0.05) is 107 Å². The summed E-state index contributed by atoms with van der Waals surface area (Å²) in [6, 6.07) is 38.9. The highest BCUT2D eigenvalue weighted by atomic mass is 35.5. The number of aliphatic imine (C=N–C) groups is 1. The molecule has 0 saturated heterocycles. The number of carbonyl (C=O) groups is 1. The average Bonchev–Trinajstić information content (AvgIpc) is 4.08. The highest BCUT2D eigenvalue weighted by molar-refractivity contribution is 7.91. The fraction of sp³-hybridized carbons (Fsp3) is 0.185. The first-order valence-corrected chi connectivity index (χ1v) is 27.8. The zero-order valence-corrected chi connectivity index (χ0v) is 44.9. The maximum atomic E-state index is 13.0. The van der Waals surface area contributed by atoms with Crippen LogP contribution in [-0.4, -0.2) is 89.7 Å². The number of aliphatic hydroxyl groups excluding tert-OH is 1. The van der Waals surface area contributed by atoms with Gasteiger partial charge in [-0.2, -0.15) is 0 Å². The van der Waals surface area contributed by atoms with Crippen molar-refractivity contribution < 1.29 is 31.5 Å². The van der Waals surface area contributed by atoms with Crippen LogP contribution in [0.2, 0.25) is 20.1 Å². The molecule has 0 saturated carbocycles. The number of hydrogen-bond donors (Lipinski definition) is 2. The first kappa shape index (κ1) is 53.0. The van der Waals surface area contributed by atoms with Crippen LogP contribution in [0.15, 0.2) is 161 Å². The maximum Gasteiger partial charge on any atom is 0.271 e. The first-order chi connectivity index (χ1) is 34.4. The Labute approximate surface area is 443 Å². The summed E-state index contributed by atoms with van der Waals surface area (Å²) < 4.78 is 57.4. The van der Waals surface area contributed by atoms with Gasteiger partial charge in [-0.25, -0.2) is 31.8 Å². The maximum absolute atomic E-state index is 13.0. The molecule has 19 heteroatoms. The van der Waals surface area contributed by atoms with Crippen molar-refractivity contribution in [1.29, 1.82) is 0 Å². The lowest BCUT2D eigenvalue weighted by atomic mass is 10.1. The number of sulfone groups is 2. The van der Waals surface area contributed by atoms with Gasteiger partial charge in [0.1, 0.15) is 29.6 Å². The molecule has 9 rings (SSSR count). The highest BCUT2D eigenvalue weighted by Gasteiger charge is 2.30. The Morgan fingerprint density at radius 1 is 0.644 bits per heavy atom. The molecule has 1 aliphatic heterocycles. The number of rotatable bonds is 12. The normalized spacial score (nSPS) is 13.4. The Bertz CT molecular complexity index is 3700. The fourth-order valence-electron chi connectivity index (χ4n) is 7.71. The standard InChI is InChI=1S/C27H25Cl2N3O4S.C27H23Cl2N3O3S/c1-27(2,16-33)31-26(34)23-15-32(25(30-23)20-9-4-5-10-21(20)28)24-12-11-18(14-22(24)29)17-7-6-8-19(13-17)37(3,35)36;1-27(2)16-35-26(31-27)23-15-32(25(30-23)20-9-4-5-10-21(20)28)24-12-11-18(14-22(24)29)17-7-6-8-19(13-17)36(3,33)34/h4-15,33H,16H2,1-3H3,(H,31,34);4-15H,16H2,1-3H3. The molecule has 0 atom stereocenters. The molecule has 0 bridgehead atoms. The van der Waals surface area contributed by atoms with E-state index in [-0.39, 0.29) is 27.6 Å². The predicted octanol–water partition coefficient (Wildman–Crippen LogP) is 11.9. The SMILES string of the molecule is CC(C)(CO)NC(=O)c1cn(-c2ccc(-c3cccc(S(C)(=O)=O)c3)cc2Cl)c(-c2ccccc2Cl)n1.CC1(C)COC(c2cn(-c3ccc(-c4cccc(S(C)(=O)=O)c4)cc3Cl)c(-c3ccccc3Cl)n2)=N1. The Morgan fingerprint density at radius 2 is 1.11 bits per heavy atom. The number of halogens is 4. The monoisotopic (exact) mass is 1100 g/mol. The summed E-state index contributed by atoms with van der Waals surface area (Å²) in [5, 5.41) is 14.1. The molecule has 1 aliphatic rings. The quantitative estimate of drug-likeness (QED) is 0.121. The van der Waals surface area contributed by atoms with Crippen molar-refractivity contribution in [3.05, 3.63) is 177 Å². The third-order valence-corrected chi connectivity index (χ3v) is 15.0. The summed E-state index contributed by atoms with van der Waals surface area (Å²) in [5.41, 5.74) is 5.07. The lowest BCUT2D eigenvalue weighted by Gasteiger charge is -2.22. The molecular weight excluding hydrogens is 1050 g/mol. The minimum Gasteiger partial charge on any atom is -0.474 e. The van der Waals surface area contributed by atoms with Crippen LogP contribution in [-0.2, 0) is 24.4 Å². The molecule has 3 heterocycles. The van der Waals surface area contributed by atoms with Gasteiger partial charge in [0.15, 0.2) is 19.7 Å². The molecule has 0 aliphatic carbocycles. The number of amides is 1. The number of carbonyl (C=O) groups excluding carboxylic acids is 1. The van der Waals surface area contributed by atoms with E-state index in [1.165, 1.54) is 6.26 Å². The van der Waals surface area contributed by atoms with E-state index in [1.807, 2.05) is 79.2 Å². The summed E-state index contributed by atoms with van der Waals surface area (Å²) in [6.07, 6.45) is 5.75. The molecule has 0 fully saturated rings. The number of nitrogens with one attached hydrogen (secondary N) is 1. The lowest BCUT2D eigenvalue weighted by molar-refractivity contribution is 0.0864. The van der Waals surface area contributed by atoms with Crippen LogP contribution in [0, 0.1) is 0 Å². The second-order valence-electron chi connectivity index (χ2n) is 18.5. The van der Waals surface area contributed by atoms with Crippen LogP contribution < -0.4 is 5.32 Å². The Kier molecular flexibility index (Phi) is 15.2. The molecule has 0 spiro atoms. The lowest BCUT2D eigenvalue weighted by Crippen LogP contribution is -2.46. The van der Waals surface area contributed by atoms with Crippen molar-refractivity contribution in [2.24, 2.45) is 4.99 Å². The van der Waals surface area contributed by atoms with E-state index in [2.05, 4.69) is 15.3 Å². The van der Waals surface area contributed by atoms with Crippen molar-refractivity contribution in [3.8, 4) is 56.4 Å². The summed E-state index contributed by atoms with van der Waals surface area (Å²) in [5.74, 6) is 1.01. The van der Waals surface area contributed by atoms with Crippen molar-refractivity contribution in [2.75, 3.05) is 25.7 Å². The number of aromatic nitrogens is 4. The van der Waals surface area contributed by atoms with E-state index in [9.17, 15) is 26.7 Å². The highest BCUT2D eigenvalue weighted by Crippen LogP contribution is 2.37. The van der Waals surface area contributed by atoms with Gasteiger partial charge in [0.2, 0.25) is 5.90 Å². The minimum absolute atomic E-state index is 0.123. The smallest absolute Gasteiger partial charge is 0.271 e. The molecule has 376 valence electrons. The average molecular weight is 1100 g/mol. The van der Waals surface area contributed by atoms with Crippen LogP contribution in [0.3, 0.4) is 0 Å². The third-order valence-electron chi connectivity index (χ3n) is 11.5. The van der Waals surface area contributed by atoms with Crippen molar-refractivity contribution in [3.63, 3.8) is 0 Å². The molecule has 6 aromatic carbocycles. The van der Waals surface area contributed by atoms with E-state index in [0.717, 1.165) is 28.5 Å². The van der Waals surface area contributed by atoms with Gasteiger partial charge in [-0.15, -0.1) is 0 Å². The van der Waals surface area contributed by atoms with Gasteiger partial charge in [0.25, 0.3) is 5.91 Å². The molecule has 2 N–H and O–H groups in total. The Balaban J connectivity index is 0.000000195. The largest absolute Gasteiger partial charge is 0.474 e. The predicted molar refractivity (Wildman–Crippen MR) is 290 cm³/mol. The van der Waals surface area contributed by atoms with Crippen LogP contribution in [0.5, 0.6) is 0 Å². The number of hydrogen-bond acceptors (Lipinski definition) is 10. The summed E-state index contributed by atoms with van der Waals surface area (Å²) in [4.78, 5) is 27.5. The molecule has 8 aromatic rings. The summed E-state index contributed by atoms with van der Waals surface area (Å²) in [7, 11) is -6.70. The number of nitrogens with zero attached hydrogens (tertiary/aromatic N) is 5. The fourth-order valence-corrected chi connectivity index (χ4v) is 10.0. The summed E-state index contributed by atoms with van der Waals surface area (Å²) in [6.45, 7) is 7.63. The van der Waals surface area contributed by atoms with Gasteiger partial charge in [-0.05, 0) is 123 Å². The van der Waals surface area contributed by atoms with E-state index in [0.29, 0.717) is 72.4 Å². The van der Waals surface area contributed by atoms with Crippen LogP contribution >= 0.6 is 46.4 Å². The van der Waals surface area contributed by atoms with Crippen molar-refractivity contribution in [2.45, 2.75) is 48.6 Å². The summed E-state index contributed by atoms with van der Waals surface area (Å²) >= 11 is 26.5. The van der Waals surface area contributed by atoms with E-state index < -0.39 is 31.1 Å². The third kappa shape index (κ3) is 12.1. The van der Waals surface area contributed by atoms with E-state index in [4.69, 9.17) is 56.1 Å². The van der Waals surface area contributed by atoms with Gasteiger partial charge >= 0.3 is 0 Å². The molecule has 0 unspecified atom stereocenters. The molecular formula is C54H48Cl4N6O7S2. The van der Waals surface area contributed by atoms with E-state index in [1.54, 1.807) is 103 Å². The number of aliphatic hydroxyl groups is 1. The second-order valence-corrected chi connectivity index (χ2v) is 24.2. The number of benzene rings is 6. The van der Waals surface area contributed by atoms with Crippen LogP contribution in [0.25, 0.3) is 56.4 Å². The molecule has 13 nitrogen and oxygen atoms in total. The first-order valence-electron chi connectivity index (χ1n) is 22.5. The zero-order chi connectivity index (χ0) is 52.6. The van der Waals surface area contributed by atoms with Crippen LogP contribution in [0.1, 0.15) is 43.9 Å². The number of ether oxygens (including phenoxy) is 1. The Hall–Kier alpha value is -6.30. The second kappa shape index (κ2) is 20.9.